The average Bonchev–Trinajstić information content (AvgIpc) is 2.94. The van der Waals surface area contributed by atoms with Crippen LogP contribution in [0.5, 0.6) is 0 Å². The van der Waals surface area contributed by atoms with E-state index in [-0.39, 0.29) is 0 Å². The van der Waals surface area contributed by atoms with Gasteiger partial charge in [0.2, 0.25) is 0 Å². The van der Waals surface area contributed by atoms with Crippen molar-refractivity contribution in [3.05, 3.63) is 60.3 Å². The molecule has 98 valence electrons. The van der Waals surface area contributed by atoms with E-state index in [0.717, 1.165) is 0 Å². The van der Waals surface area contributed by atoms with Crippen molar-refractivity contribution in [3.8, 4) is 11.4 Å². The van der Waals surface area contributed by atoms with E-state index in [1.165, 1.54) is 31.1 Å². The Morgan fingerprint density at radius 3 is 2.60 bits per heavy atom. The summed E-state index contributed by atoms with van der Waals surface area (Å²) in [4.78, 5) is 0. The van der Waals surface area contributed by atoms with E-state index in [2.05, 4.69) is 77.7 Å². The van der Waals surface area contributed by atoms with Crippen molar-refractivity contribution < 1.29 is 4.57 Å². The molecule has 2 heterocycles. The van der Waals surface area contributed by atoms with Crippen LogP contribution in [0.15, 0.2) is 54.7 Å². The Labute approximate surface area is 123 Å². The van der Waals surface area contributed by atoms with Gasteiger partial charge in [-0.05, 0) is 0 Å². The molecule has 20 heavy (non-hydrogen) atoms. The Kier molecular flexibility index (Phi) is 2.59. The van der Waals surface area contributed by atoms with Gasteiger partial charge in [0.15, 0.2) is 0 Å². The topological polar surface area (TPSA) is 8.29 Å². The molecule has 0 saturated heterocycles. The van der Waals surface area contributed by atoms with E-state index in [0.29, 0.717) is 14.5 Å². The summed E-state index contributed by atoms with van der Waals surface area (Å²) < 4.78 is 7.59. The second-order valence-corrected chi connectivity index (χ2v) is 7.35. The van der Waals surface area contributed by atoms with Gasteiger partial charge in [0.25, 0.3) is 0 Å². The monoisotopic (exact) mass is 327 g/mol. The van der Waals surface area contributed by atoms with Crippen LogP contribution in [0.25, 0.3) is 25.6 Å². The van der Waals surface area contributed by atoms with Gasteiger partial charge in [0, 0.05) is 0 Å². The van der Waals surface area contributed by atoms with Crippen molar-refractivity contribution in [1.29, 1.82) is 0 Å². The first kappa shape index (κ1) is 12.0. The molecule has 2 aromatic heterocycles. The summed E-state index contributed by atoms with van der Waals surface area (Å²) in [6.07, 6.45) is 2.28. The van der Waals surface area contributed by atoms with Crippen molar-refractivity contribution >= 4 is 28.7 Å². The van der Waals surface area contributed by atoms with Crippen molar-refractivity contribution in [2.45, 2.75) is 6.92 Å². The van der Waals surface area contributed by atoms with Gasteiger partial charge in [-0.15, -0.1) is 0 Å². The first-order valence-corrected chi connectivity index (χ1v) is 8.41. The van der Waals surface area contributed by atoms with Crippen LogP contribution >= 0.6 is 0 Å². The molecule has 3 heteroatoms. The molecule has 0 aliphatic carbocycles. The van der Waals surface area contributed by atoms with Crippen LogP contribution in [0.1, 0.15) is 5.56 Å². The molecular formula is C17H15N2Se+. The van der Waals surface area contributed by atoms with Crippen molar-refractivity contribution in [2.24, 2.45) is 7.05 Å². The molecule has 0 N–H and O–H groups in total. The van der Waals surface area contributed by atoms with E-state index in [4.69, 9.17) is 0 Å². The average molecular weight is 326 g/mol. The van der Waals surface area contributed by atoms with Gasteiger partial charge in [0.1, 0.15) is 0 Å². The molecule has 0 radical (unpaired) electrons. The number of aryl methyl sites for hydroxylation is 2. The van der Waals surface area contributed by atoms with Gasteiger partial charge in [-0.25, -0.2) is 0 Å². The summed E-state index contributed by atoms with van der Waals surface area (Å²) in [5, 5.41) is 0. The SMILES string of the molecule is Cc1ccccc1-c1n2c(c[n+]1C)[se]c1ccccc12. The molecule has 0 fully saturated rings. The molecule has 4 rings (SSSR count). The van der Waals surface area contributed by atoms with E-state index >= 15 is 0 Å². The third kappa shape index (κ3) is 1.60. The van der Waals surface area contributed by atoms with Crippen LogP contribution in [0, 0.1) is 6.92 Å². The number of fused-ring (bicyclic) bond motifs is 3. The molecular weight excluding hydrogens is 311 g/mol. The van der Waals surface area contributed by atoms with Gasteiger partial charge in [-0.1, -0.05) is 0 Å². The third-order valence-electron chi connectivity index (χ3n) is 3.78. The molecule has 0 unspecified atom stereocenters. The fourth-order valence-electron chi connectivity index (χ4n) is 2.83. The quantitative estimate of drug-likeness (QED) is 0.375. The van der Waals surface area contributed by atoms with Crippen LogP contribution in [-0.2, 0) is 7.05 Å². The summed E-state index contributed by atoms with van der Waals surface area (Å²) in [6, 6.07) is 17.4. The van der Waals surface area contributed by atoms with Crippen LogP contribution in [0.3, 0.4) is 0 Å². The number of benzene rings is 2. The Balaban J connectivity index is 2.18. The number of hydrogen-bond donors (Lipinski definition) is 0. The summed E-state index contributed by atoms with van der Waals surface area (Å²) in [6.45, 7) is 2.18. The summed E-state index contributed by atoms with van der Waals surface area (Å²) in [5.74, 6) is 1.28. The predicted octanol–water partition coefficient (Wildman–Crippen LogP) is 2.95. The number of aromatic nitrogens is 2. The zero-order chi connectivity index (χ0) is 13.7. The molecule has 0 saturated carbocycles. The maximum atomic E-state index is 2.43. The van der Waals surface area contributed by atoms with Crippen LogP contribution < -0.4 is 4.57 Å². The van der Waals surface area contributed by atoms with E-state index in [1.807, 2.05) is 0 Å². The van der Waals surface area contributed by atoms with Crippen molar-refractivity contribution in [3.63, 3.8) is 0 Å². The molecule has 2 aromatic carbocycles. The predicted molar refractivity (Wildman–Crippen MR) is 83.2 cm³/mol. The zero-order valence-corrected chi connectivity index (χ0v) is 13.2. The number of hydrogen-bond acceptors (Lipinski definition) is 0. The molecule has 0 amide bonds. The fourth-order valence-corrected chi connectivity index (χ4v) is 5.18. The molecule has 0 spiro atoms. The van der Waals surface area contributed by atoms with Crippen molar-refractivity contribution in [1.82, 2.24) is 4.40 Å². The standard InChI is InChI=1S/C17H15N2Se/c1-12-7-3-4-8-13(12)17-18(2)11-16-19(17)14-9-5-6-10-15(14)20-16/h3-11H,1-2H3/q+1. The Bertz CT molecular complexity index is 931. The van der Waals surface area contributed by atoms with E-state index in [1.54, 1.807) is 0 Å². The summed E-state index contributed by atoms with van der Waals surface area (Å²) in [7, 11) is 2.14. The maximum absolute atomic E-state index is 2.43. The normalized spacial score (nSPS) is 11.5. The van der Waals surface area contributed by atoms with Gasteiger partial charge >= 0.3 is 123 Å². The Morgan fingerprint density at radius 1 is 1.00 bits per heavy atom. The fraction of sp³-hybridized carbons (Fsp3) is 0.118. The first-order chi connectivity index (χ1) is 9.75. The Hall–Kier alpha value is -1.83. The second kappa shape index (κ2) is 4.34. The Morgan fingerprint density at radius 2 is 1.75 bits per heavy atom. The molecule has 0 bridgehead atoms. The minimum absolute atomic E-state index is 0.412. The second-order valence-electron chi connectivity index (χ2n) is 5.12. The van der Waals surface area contributed by atoms with Gasteiger partial charge in [-0.3, -0.25) is 0 Å². The number of para-hydroxylation sites is 1. The van der Waals surface area contributed by atoms with Gasteiger partial charge < -0.3 is 0 Å². The molecule has 0 aliphatic heterocycles. The number of rotatable bonds is 1. The molecule has 0 aliphatic rings. The van der Waals surface area contributed by atoms with E-state index < -0.39 is 0 Å². The minimum atomic E-state index is 0.412. The van der Waals surface area contributed by atoms with Crippen molar-refractivity contribution in [2.75, 3.05) is 0 Å². The first-order valence-electron chi connectivity index (χ1n) is 6.70. The molecule has 4 aromatic rings. The van der Waals surface area contributed by atoms with Crippen LogP contribution in [0.4, 0.5) is 0 Å². The summed E-state index contributed by atoms with van der Waals surface area (Å²) >= 11 is 0.412. The van der Waals surface area contributed by atoms with Gasteiger partial charge in [-0.2, -0.15) is 0 Å². The molecule has 2 nitrogen and oxygen atoms in total. The third-order valence-corrected chi connectivity index (χ3v) is 6.01. The van der Waals surface area contributed by atoms with Crippen LogP contribution in [-0.4, -0.2) is 18.9 Å². The zero-order valence-electron chi connectivity index (χ0n) is 11.5. The van der Waals surface area contributed by atoms with Gasteiger partial charge in [0.05, 0.1) is 0 Å². The van der Waals surface area contributed by atoms with Crippen LogP contribution in [0.2, 0.25) is 0 Å². The number of imidazole rings is 1. The number of nitrogens with zero attached hydrogens (tertiary/aromatic N) is 2. The molecule has 0 atom stereocenters. The van der Waals surface area contributed by atoms with E-state index in [9.17, 15) is 0 Å². The summed E-state index contributed by atoms with van der Waals surface area (Å²) in [5.41, 5.74) is 3.98.